The predicted octanol–water partition coefficient (Wildman–Crippen LogP) is 0.0107. The number of likely N-dealkylation sites (tertiary alicyclic amines) is 1. The van der Waals surface area contributed by atoms with E-state index in [-0.39, 0.29) is 16.0 Å². The molecule has 0 saturated carbocycles. The van der Waals surface area contributed by atoms with Crippen LogP contribution in [0, 0.1) is 0 Å². The van der Waals surface area contributed by atoms with E-state index >= 15 is 0 Å². The Morgan fingerprint density at radius 3 is 2.83 bits per heavy atom. The van der Waals surface area contributed by atoms with Crippen LogP contribution in [0.25, 0.3) is 0 Å². The van der Waals surface area contributed by atoms with Gasteiger partial charge in [-0.25, -0.2) is 13.1 Å². The average molecular weight is 292 g/mol. The van der Waals surface area contributed by atoms with Crippen molar-refractivity contribution in [1.29, 1.82) is 0 Å². The molecule has 1 aliphatic heterocycles. The largest absolute Gasteiger partial charge is 0.326 e. The minimum absolute atomic E-state index is 0.0262. The molecule has 0 bridgehead atoms. The number of rotatable bonds is 3. The Morgan fingerprint density at radius 2 is 2.28 bits per heavy atom. The van der Waals surface area contributed by atoms with Gasteiger partial charge in [0.25, 0.3) is 5.56 Å². The number of aromatic nitrogens is 1. The number of pyridine rings is 1. The van der Waals surface area contributed by atoms with E-state index in [9.17, 15) is 13.2 Å². The van der Waals surface area contributed by atoms with E-state index in [4.69, 9.17) is 11.6 Å². The first kappa shape index (κ1) is 13.5. The number of sulfonamides is 1. The molecule has 0 radical (unpaired) electrons. The van der Waals surface area contributed by atoms with Crippen molar-refractivity contribution >= 4 is 21.6 Å². The first-order valence-corrected chi connectivity index (χ1v) is 7.34. The minimum atomic E-state index is -3.64. The Bertz CT molecular complexity index is 599. The van der Waals surface area contributed by atoms with Gasteiger partial charge >= 0.3 is 0 Å². The SMILES string of the molecule is CN1CCC(NS(=O)(=O)c2c[nH]c(=O)c(Cl)c2)C1. The molecule has 2 heterocycles. The van der Waals surface area contributed by atoms with Crippen molar-refractivity contribution in [3.8, 4) is 0 Å². The van der Waals surface area contributed by atoms with Gasteiger partial charge in [0.1, 0.15) is 5.02 Å². The molecule has 1 unspecified atom stereocenters. The van der Waals surface area contributed by atoms with Crippen molar-refractivity contribution in [2.75, 3.05) is 20.1 Å². The topological polar surface area (TPSA) is 82.3 Å². The Morgan fingerprint density at radius 1 is 1.56 bits per heavy atom. The van der Waals surface area contributed by atoms with Crippen LogP contribution < -0.4 is 10.3 Å². The van der Waals surface area contributed by atoms with Gasteiger partial charge < -0.3 is 9.88 Å². The molecule has 0 aliphatic carbocycles. The zero-order chi connectivity index (χ0) is 13.3. The molecule has 1 aromatic heterocycles. The van der Waals surface area contributed by atoms with E-state index < -0.39 is 15.6 Å². The van der Waals surface area contributed by atoms with Crippen molar-refractivity contribution in [3.63, 3.8) is 0 Å². The van der Waals surface area contributed by atoms with Crippen molar-refractivity contribution < 1.29 is 8.42 Å². The van der Waals surface area contributed by atoms with Gasteiger partial charge in [-0.15, -0.1) is 0 Å². The third-order valence-corrected chi connectivity index (χ3v) is 4.64. The molecule has 8 heteroatoms. The highest BCUT2D eigenvalue weighted by Gasteiger charge is 2.25. The average Bonchev–Trinajstić information content (AvgIpc) is 2.67. The van der Waals surface area contributed by atoms with Gasteiger partial charge in [-0.2, -0.15) is 0 Å². The summed E-state index contributed by atoms with van der Waals surface area (Å²) in [4.78, 5) is 15.4. The maximum atomic E-state index is 12.0. The van der Waals surface area contributed by atoms with Gasteiger partial charge in [0.15, 0.2) is 0 Å². The summed E-state index contributed by atoms with van der Waals surface area (Å²) in [7, 11) is -1.70. The molecular weight excluding hydrogens is 278 g/mol. The summed E-state index contributed by atoms with van der Waals surface area (Å²) in [6.07, 6.45) is 1.92. The van der Waals surface area contributed by atoms with E-state index in [1.807, 2.05) is 11.9 Å². The molecule has 1 aliphatic rings. The van der Waals surface area contributed by atoms with E-state index in [2.05, 4.69) is 9.71 Å². The van der Waals surface area contributed by atoms with E-state index in [1.165, 1.54) is 0 Å². The van der Waals surface area contributed by atoms with Gasteiger partial charge in [-0.1, -0.05) is 11.6 Å². The molecule has 0 amide bonds. The third kappa shape index (κ3) is 2.92. The number of nitrogens with one attached hydrogen (secondary N) is 2. The van der Waals surface area contributed by atoms with Crippen LogP contribution in [0.4, 0.5) is 0 Å². The van der Waals surface area contributed by atoms with Crippen LogP contribution in [-0.2, 0) is 10.0 Å². The molecular formula is C10H14ClN3O3S. The molecule has 0 spiro atoms. The standard InChI is InChI=1S/C10H14ClN3O3S/c1-14-3-2-7(6-14)13-18(16,17)8-4-9(11)10(15)12-5-8/h4-5,7,13H,2-3,6H2,1H3,(H,12,15). The molecule has 1 saturated heterocycles. The van der Waals surface area contributed by atoms with Gasteiger partial charge in [-0.3, -0.25) is 4.79 Å². The summed E-state index contributed by atoms with van der Waals surface area (Å²) in [6.45, 7) is 1.54. The molecule has 1 aromatic rings. The van der Waals surface area contributed by atoms with Gasteiger partial charge in [-0.05, 0) is 26.1 Å². The van der Waals surface area contributed by atoms with Gasteiger partial charge in [0, 0.05) is 18.8 Å². The lowest BCUT2D eigenvalue weighted by Crippen LogP contribution is -2.36. The van der Waals surface area contributed by atoms with Crippen molar-refractivity contribution in [1.82, 2.24) is 14.6 Å². The Labute approximate surface area is 110 Å². The normalized spacial score (nSPS) is 21.3. The lowest BCUT2D eigenvalue weighted by Gasteiger charge is -2.13. The fourth-order valence-corrected chi connectivity index (χ4v) is 3.40. The highest BCUT2D eigenvalue weighted by atomic mass is 35.5. The smallest absolute Gasteiger partial charge is 0.266 e. The molecule has 1 atom stereocenters. The predicted molar refractivity (Wildman–Crippen MR) is 68.3 cm³/mol. The maximum absolute atomic E-state index is 12.0. The number of hydrogen-bond acceptors (Lipinski definition) is 4. The summed E-state index contributed by atoms with van der Waals surface area (Å²) < 4.78 is 26.7. The van der Waals surface area contributed by atoms with Crippen LogP contribution in [0.1, 0.15) is 6.42 Å². The van der Waals surface area contributed by atoms with E-state index in [1.54, 1.807) is 0 Å². The lowest BCUT2D eigenvalue weighted by atomic mass is 10.3. The molecule has 1 fully saturated rings. The number of hydrogen-bond donors (Lipinski definition) is 2. The van der Waals surface area contributed by atoms with Crippen LogP contribution in [0.15, 0.2) is 22.0 Å². The van der Waals surface area contributed by atoms with Crippen LogP contribution in [0.3, 0.4) is 0 Å². The zero-order valence-corrected chi connectivity index (χ0v) is 11.4. The third-order valence-electron chi connectivity index (χ3n) is 2.85. The summed E-state index contributed by atoms with van der Waals surface area (Å²) in [5.41, 5.74) is -0.504. The summed E-state index contributed by atoms with van der Waals surface area (Å²) >= 11 is 5.62. The minimum Gasteiger partial charge on any atom is -0.326 e. The molecule has 2 rings (SSSR count). The summed E-state index contributed by atoms with van der Waals surface area (Å²) in [6, 6.07) is 1.05. The second-order valence-corrected chi connectivity index (χ2v) is 6.50. The highest BCUT2D eigenvalue weighted by Crippen LogP contribution is 2.14. The summed E-state index contributed by atoms with van der Waals surface area (Å²) in [5, 5.41) is -0.138. The second kappa shape index (κ2) is 5.00. The first-order chi connectivity index (χ1) is 8.38. The fraction of sp³-hybridized carbons (Fsp3) is 0.500. The van der Waals surface area contributed by atoms with Crippen LogP contribution >= 0.6 is 11.6 Å². The Kier molecular flexibility index (Phi) is 3.76. The van der Waals surface area contributed by atoms with E-state index in [0.717, 1.165) is 25.2 Å². The molecule has 100 valence electrons. The van der Waals surface area contributed by atoms with Crippen molar-refractivity contribution in [3.05, 3.63) is 27.6 Å². The lowest BCUT2D eigenvalue weighted by molar-refractivity contribution is 0.407. The Balaban J connectivity index is 2.20. The quantitative estimate of drug-likeness (QED) is 0.822. The number of halogens is 1. The molecule has 6 nitrogen and oxygen atoms in total. The number of aromatic amines is 1. The van der Waals surface area contributed by atoms with Crippen molar-refractivity contribution in [2.24, 2.45) is 0 Å². The van der Waals surface area contributed by atoms with Gasteiger partial charge in [0.2, 0.25) is 10.0 Å². The van der Waals surface area contributed by atoms with Crippen LogP contribution in [0.5, 0.6) is 0 Å². The molecule has 18 heavy (non-hydrogen) atoms. The number of H-pyrrole nitrogens is 1. The Hall–Kier alpha value is -0.890. The van der Waals surface area contributed by atoms with Crippen LogP contribution in [0.2, 0.25) is 5.02 Å². The molecule has 2 N–H and O–H groups in total. The van der Waals surface area contributed by atoms with Gasteiger partial charge in [0.05, 0.1) is 4.90 Å². The fourth-order valence-electron chi connectivity index (χ4n) is 1.91. The van der Waals surface area contributed by atoms with Crippen molar-refractivity contribution in [2.45, 2.75) is 17.4 Å². The monoisotopic (exact) mass is 291 g/mol. The van der Waals surface area contributed by atoms with Crippen LogP contribution in [-0.4, -0.2) is 44.5 Å². The first-order valence-electron chi connectivity index (χ1n) is 5.47. The summed E-state index contributed by atoms with van der Waals surface area (Å²) in [5.74, 6) is 0. The number of nitrogens with zero attached hydrogens (tertiary/aromatic N) is 1. The second-order valence-electron chi connectivity index (χ2n) is 4.38. The zero-order valence-electron chi connectivity index (χ0n) is 9.81. The number of likely N-dealkylation sites (N-methyl/N-ethyl adjacent to an activating group) is 1. The highest BCUT2D eigenvalue weighted by molar-refractivity contribution is 7.89. The molecule has 0 aromatic carbocycles. The van der Waals surface area contributed by atoms with E-state index in [0.29, 0.717) is 6.54 Å². The maximum Gasteiger partial charge on any atom is 0.266 e.